The van der Waals surface area contributed by atoms with Gasteiger partial charge >= 0.3 is 12.3 Å². The molecule has 5 nitrogen and oxygen atoms in total. The van der Waals surface area contributed by atoms with Crippen LogP contribution in [0.4, 0.5) is 23.8 Å². The van der Waals surface area contributed by atoms with Crippen molar-refractivity contribution in [3.05, 3.63) is 22.8 Å². The third-order valence-corrected chi connectivity index (χ3v) is 3.98. The number of piperazine rings is 1. The van der Waals surface area contributed by atoms with Crippen molar-refractivity contribution in [1.29, 1.82) is 0 Å². The normalized spacial score (nSPS) is 19.1. The Morgan fingerprint density at radius 3 is 2.44 bits per heavy atom. The van der Waals surface area contributed by atoms with E-state index in [0.29, 0.717) is 19.6 Å². The number of aromatic nitrogens is 1. The zero-order chi connectivity index (χ0) is 19.0. The molecule has 0 bridgehead atoms. The van der Waals surface area contributed by atoms with E-state index in [-0.39, 0.29) is 16.9 Å². The number of hydrogen-bond acceptors (Lipinski definition) is 4. The maximum Gasteiger partial charge on any atom is 0.417 e. The molecule has 1 saturated heterocycles. The number of pyridine rings is 1. The summed E-state index contributed by atoms with van der Waals surface area (Å²) in [5, 5.41) is -0.0626. The third-order valence-electron chi connectivity index (χ3n) is 3.70. The Bertz CT molecular complexity index is 646. The summed E-state index contributed by atoms with van der Waals surface area (Å²) < 4.78 is 43.5. The van der Waals surface area contributed by atoms with Crippen LogP contribution in [0.1, 0.15) is 33.3 Å². The Kier molecular flexibility index (Phi) is 5.41. The number of ether oxygens (including phenoxy) is 1. The van der Waals surface area contributed by atoms with Gasteiger partial charge in [0.2, 0.25) is 0 Å². The summed E-state index contributed by atoms with van der Waals surface area (Å²) >= 11 is 6.01. The van der Waals surface area contributed by atoms with Crippen LogP contribution >= 0.6 is 11.6 Å². The molecule has 1 atom stereocenters. The summed E-state index contributed by atoms with van der Waals surface area (Å²) in [4.78, 5) is 19.4. The van der Waals surface area contributed by atoms with Crippen molar-refractivity contribution in [2.45, 2.75) is 45.5 Å². The van der Waals surface area contributed by atoms with Crippen LogP contribution in [0.15, 0.2) is 12.3 Å². The number of amides is 1. The van der Waals surface area contributed by atoms with E-state index in [2.05, 4.69) is 4.98 Å². The molecule has 0 saturated carbocycles. The molecule has 25 heavy (non-hydrogen) atoms. The molecule has 0 aromatic carbocycles. The molecular formula is C16H21ClF3N3O2. The quantitative estimate of drug-likeness (QED) is 0.733. The summed E-state index contributed by atoms with van der Waals surface area (Å²) in [6, 6.07) is 0.708. The van der Waals surface area contributed by atoms with Crippen molar-refractivity contribution in [3.63, 3.8) is 0 Å². The number of carbonyl (C=O) groups excluding carboxylic acids is 1. The van der Waals surface area contributed by atoms with E-state index in [4.69, 9.17) is 16.3 Å². The van der Waals surface area contributed by atoms with Gasteiger partial charge in [0.15, 0.2) is 0 Å². The van der Waals surface area contributed by atoms with Gasteiger partial charge in [-0.3, -0.25) is 0 Å². The van der Waals surface area contributed by atoms with Crippen molar-refractivity contribution in [1.82, 2.24) is 9.88 Å². The van der Waals surface area contributed by atoms with E-state index < -0.39 is 23.4 Å². The Morgan fingerprint density at radius 2 is 1.96 bits per heavy atom. The van der Waals surface area contributed by atoms with E-state index >= 15 is 0 Å². The molecule has 0 aliphatic carbocycles. The van der Waals surface area contributed by atoms with Gasteiger partial charge < -0.3 is 14.5 Å². The second kappa shape index (κ2) is 6.90. The number of halogens is 4. The number of rotatable bonds is 1. The highest BCUT2D eigenvalue weighted by Gasteiger charge is 2.34. The third kappa shape index (κ3) is 4.90. The van der Waals surface area contributed by atoms with Gasteiger partial charge in [-0.2, -0.15) is 13.2 Å². The first-order valence-electron chi connectivity index (χ1n) is 7.86. The molecule has 1 aliphatic heterocycles. The Hall–Kier alpha value is -1.70. The highest BCUT2D eigenvalue weighted by atomic mass is 35.5. The fourth-order valence-corrected chi connectivity index (χ4v) is 2.84. The van der Waals surface area contributed by atoms with Crippen LogP contribution in [-0.2, 0) is 10.9 Å². The minimum Gasteiger partial charge on any atom is -0.444 e. The van der Waals surface area contributed by atoms with Crippen LogP contribution < -0.4 is 4.90 Å². The minimum atomic E-state index is -4.49. The molecule has 1 fully saturated rings. The highest BCUT2D eigenvalue weighted by Crippen LogP contribution is 2.34. The van der Waals surface area contributed by atoms with Crippen LogP contribution in [0.5, 0.6) is 0 Å². The van der Waals surface area contributed by atoms with Crippen LogP contribution in [0.25, 0.3) is 0 Å². The first-order chi connectivity index (χ1) is 11.4. The Balaban J connectivity index is 2.10. The lowest BCUT2D eigenvalue weighted by Crippen LogP contribution is -2.54. The van der Waals surface area contributed by atoms with Crippen molar-refractivity contribution < 1.29 is 22.7 Å². The number of alkyl halides is 3. The lowest BCUT2D eigenvalue weighted by atomic mass is 10.1. The maximum absolute atomic E-state index is 12.7. The zero-order valence-electron chi connectivity index (χ0n) is 14.5. The molecule has 1 aromatic rings. The van der Waals surface area contributed by atoms with Gasteiger partial charge in [-0.05, 0) is 33.8 Å². The topological polar surface area (TPSA) is 45.7 Å². The average Bonchev–Trinajstić information content (AvgIpc) is 2.44. The lowest BCUT2D eigenvalue weighted by molar-refractivity contribution is -0.137. The van der Waals surface area contributed by atoms with Gasteiger partial charge in [0, 0.05) is 31.9 Å². The maximum atomic E-state index is 12.7. The standard InChI is InChI=1S/C16H21ClF3N3O2/c1-10-9-22(14(24)25-15(2,3)4)5-6-23(10)13-12(17)7-11(8-21-13)16(18,19)20/h7-8,10H,5-6,9H2,1-4H3/t10-/m0/s1. The molecule has 0 N–H and O–H groups in total. The highest BCUT2D eigenvalue weighted by molar-refractivity contribution is 6.33. The van der Waals surface area contributed by atoms with Crippen LogP contribution in [0, 0.1) is 0 Å². The van der Waals surface area contributed by atoms with E-state index in [9.17, 15) is 18.0 Å². The summed E-state index contributed by atoms with van der Waals surface area (Å²) in [7, 11) is 0. The van der Waals surface area contributed by atoms with Crippen LogP contribution in [-0.4, -0.2) is 47.3 Å². The molecule has 2 heterocycles. The number of carbonyl (C=O) groups is 1. The van der Waals surface area contributed by atoms with E-state index in [1.54, 1.807) is 30.6 Å². The van der Waals surface area contributed by atoms with E-state index in [0.717, 1.165) is 12.3 Å². The molecule has 0 unspecified atom stereocenters. The zero-order valence-corrected chi connectivity index (χ0v) is 15.3. The van der Waals surface area contributed by atoms with Crippen molar-refractivity contribution in [2.24, 2.45) is 0 Å². The van der Waals surface area contributed by atoms with Crippen LogP contribution in [0.2, 0.25) is 5.02 Å². The molecule has 2 rings (SSSR count). The Labute approximate surface area is 149 Å². The summed E-state index contributed by atoms with van der Waals surface area (Å²) in [5.74, 6) is 0.283. The first kappa shape index (κ1) is 19.6. The second-order valence-electron chi connectivity index (χ2n) is 7.00. The SMILES string of the molecule is C[C@H]1CN(C(=O)OC(C)(C)C)CCN1c1ncc(C(F)(F)F)cc1Cl. The van der Waals surface area contributed by atoms with Gasteiger partial charge in [0.25, 0.3) is 0 Å². The Morgan fingerprint density at radius 1 is 1.32 bits per heavy atom. The molecular weight excluding hydrogens is 359 g/mol. The molecule has 0 radical (unpaired) electrons. The summed E-state index contributed by atoms with van der Waals surface area (Å²) in [6.45, 7) is 8.36. The van der Waals surface area contributed by atoms with Crippen molar-refractivity contribution in [2.75, 3.05) is 24.5 Å². The van der Waals surface area contributed by atoms with Gasteiger partial charge in [0.1, 0.15) is 11.4 Å². The average molecular weight is 380 g/mol. The summed E-state index contributed by atoms with van der Waals surface area (Å²) in [6.07, 6.45) is -4.13. The van der Waals surface area contributed by atoms with E-state index in [1.807, 2.05) is 6.92 Å². The molecule has 9 heteroatoms. The summed E-state index contributed by atoms with van der Waals surface area (Å²) in [5.41, 5.74) is -1.48. The molecule has 1 aromatic heterocycles. The number of nitrogens with zero attached hydrogens (tertiary/aromatic N) is 3. The van der Waals surface area contributed by atoms with Gasteiger partial charge in [0.05, 0.1) is 10.6 Å². The van der Waals surface area contributed by atoms with E-state index in [1.165, 1.54) is 0 Å². The van der Waals surface area contributed by atoms with Gasteiger partial charge in [-0.15, -0.1) is 0 Å². The van der Waals surface area contributed by atoms with Gasteiger partial charge in [-0.1, -0.05) is 11.6 Å². The lowest BCUT2D eigenvalue weighted by Gasteiger charge is -2.41. The fraction of sp³-hybridized carbons (Fsp3) is 0.625. The minimum absolute atomic E-state index is 0.0626. The van der Waals surface area contributed by atoms with Crippen molar-refractivity contribution in [3.8, 4) is 0 Å². The van der Waals surface area contributed by atoms with Gasteiger partial charge in [-0.25, -0.2) is 9.78 Å². The number of anilines is 1. The fourth-order valence-electron chi connectivity index (χ4n) is 2.56. The second-order valence-corrected chi connectivity index (χ2v) is 7.40. The molecule has 140 valence electrons. The predicted molar refractivity (Wildman–Crippen MR) is 88.9 cm³/mol. The molecule has 0 spiro atoms. The van der Waals surface area contributed by atoms with Crippen LogP contribution in [0.3, 0.4) is 0 Å². The first-order valence-corrected chi connectivity index (χ1v) is 8.23. The molecule has 1 amide bonds. The van der Waals surface area contributed by atoms with Crippen molar-refractivity contribution >= 4 is 23.5 Å². The smallest absolute Gasteiger partial charge is 0.417 e. The molecule has 1 aliphatic rings. The number of hydrogen-bond donors (Lipinski definition) is 0. The predicted octanol–water partition coefficient (Wildman–Crippen LogP) is 4.20. The monoisotopic (exact) mass is 379 g/mol. The largest absolute Gasteiger partial charge is 0.444 e.